The Bertz CT molecular complexity index is 757. The molecule has 1 aromatic carbocycles. The average Bonchev–Trinajstić information content (AvgIpc) is 3.08. The summed E-state index contributed by atoms with van der Waals surface area (Å²) in [6.45, 7) is 4.10. The van der Waals surface area contributed by atoms with Gasteiger partial charge in [0, 0.05) is 12.6 Å². The number of benzene rings is 1. The van der Waals surface area contributed by atoms with Gasteiger partial charge in [0.2, 0.25) is 0 Å². The van der Waals surface area contributed by atoms with Gasteiger partial charge in [-0.1, -0.05) is 11.6 Å². The van der Waals surface area contributed by atoms with E-state index >= 15 is 0 Å². The van der Waals surface area contributed by atoms with Gasteiger partial charge < -0.3 is 10.0 Å². The highest BCUT2D eigenvalue weighted by molar-refractivity contribution is 5.98. The second kappa shape index (κ2) is 6.43. The fourth-order valence-corrected chi connectivity index (χ4v) is 3.08. The molecule has 7 heteroatoms. The maximum atomic E-state index is 13.1. The van der Waals surface area contributed by atoms with Crippen molar-refractivity contribution in [1.29, 1.82) is 0 Å². The van der Waals surface area contributed by atoms with E-state index in [1.165, 1.54) is 4.80 Å². The van der Waals surface area contributed by atoms with Crippen LogP contribution >= 0.6 is 0 Å². The number of rotatable bonds is 3. The number of carboxylic acids is 1. The normalized spacial score (nSPS) is 20.8. The summed E-state index contributed by atoms with van der Waals surface area (Å²) in [5, 5.41) is 17.5. The Balaban J connectivity index is 1.97. The highest BCUT2D eigenvalue weighted by Crippen LogP contribution is 2.26. The lowest BCUT2D eigenvalue weighted by Crippen LogP contribution is -2.47. The molecular formula is C17H20N4O3. The number of carbonyl (C=O) groups is 2. The third-order valence-electron chi connectivity index (χ3n) is 4.51. The molecule has 24 heavy (non-hydrogen) atoms. The molecule has 2 aromatic rings. The van der Waals surface area contributed by atoms with Crippen LogP contribution in [0.2, 0.25) is 0 Å². The SMILES string of the molecule is Cc1ccc(-n2nccn2)c(C(=O)N2CC(C(=O)O)CCC2C)c1. The zero-order chi connectivity index (χ0) is 17.3. The van der Waals surface area contributed by atoms with Crippen LogP contribution in [0.5, 0.6) is 0 Å². The fourth-order valence-electron chi connectivity index (χ4n) is 3.08. The molecule has 1 aromatic heterocycles. The molecule has 0 saturated carbocycles. The Labute approximate surface area is 139 Å². The number of piperidine rings is 1. The predicted octanol–water partition coefficient (Wildman–Crippen LogP) is 1.90. The van der Waals surface area contributed by atoms with Gasteiger partial charge >= 0.3 is 5.97 Å². The number of nitrogens with zero attached hydrogens (tertiary/aromatic N) is 4. The Morgan fingerprint density at radius 2 is 1.92 bits per heavy atom. The Morgan fingerprint density at radius 1 is 1.21 bits per heavy atom. The maximum Gasteiger partial charge on any atom is 0.308 e. The van der Waals surface area contributed by atoms with Crippen molar-refractivity contribution in [2.24, 2.45) is 5.92 Å². The maximum absolute atomic E-state index is 13.1. The van der Waals surface area contributed by atoms with Crippen molar-refractivity contribution in [3.63, 3.8) is 0 Å². The third-order valence-corrected chi connectivity index (χ3v) is 4.51. The number of aromatic nitrogens is 3. The predicted molar refractivity (Wildman–Crippen MR) is 87.0 cm³/mol. The van der Waals surface area contributed by atoms with Crippen LogP contribution in [0.3, 0.4) is 0 Å². The van der Waals surface area contributed by atoms with E-state index in [2.05, 4.69) is 10.2 Å². The van der Waals surface area contributed by atoms with Crippen LogP contribution in [-0.4, -0.2) is 49.5 Å². The standard InChI is InChI=1S/C17H20N4O3/c1-11-3-6-15(21-18-7-8-19-21)14(9-11)16(22)20-10-13(17(23)24)5-4-12(20)2/h3,6-9,12-13H,4-5,10H2,1-2H3,(H,23,24). The molecule has 7 nitrogen and oxygen atoms in total. The molecular weight excluding hydrogens is 308 g/mol. The monoisotopic (exact) mass is 328 g/mol. The molecule has 3 rings (SSSR count). The fraction of sp³-hybridized carbons (Fsp3) is 0.412. The van der Waals surface area contributed by atoms with E-state index in [-0.39, 0.29) is 18.5 Å². The van der Waals surface area contributed by atoms with E-state index in [0.29, 0.717) is 24.1 Å². The summed E-state index contributed by atoms with van der Waals surface area (Å²) in [5.74, 6) is -1.54. The van der Waals surface area contributed by atoms with E-state index < -0.39 is 11.9 Å². The van der Waals surface area contributed by atoms with Crippen LogP contribution in [0.1, 0.15) is 35.7 Å². The second-order valence-electron chi connectivity index (χ2n) is 6.26. The lowest BCUT2D eigenvalue weighted by atomic mass is 9.92. The van der Waals surface area contributed by atoms with E-state index in [1.807, 2.05) is 26.0 Å². The lowest BCUT2D eigenvalue weighted by molar-refractivity contribution is -0.143. The van der Waals surface area contributed by atoms with Crippen molar-refractivity contribution in [3.8, 4) is 5.69 Å². The van der Waals surface area contributed by atoms with Crippen LogP contribution in [0, 0.1) is 12.8 Å². The molecule has 0 bridgehead atoms. The molecule has 1 fully saturated rings. The Hall–Kier alpha value is -2.70. The summed E-state index contributed by atoms with van der Waals surface area (Å²) in [6.07, 6.45) is 4.39. The number of likely N-dealkylation sites (tertiary alicyclic amines) is 1. The Morgan fingerprint density at radius 3 is 2.58 bits per heavy atom. The second-order valence-corrected chi connectivity index (χ2v) is 6.26. The van der Waals surface area contributed by atoms with Crippen LogP contribution in [-0.2, 0) is 4.79 Å². The highest BCUT2D eigenvalue weighted by atomic mass is 16.4. The van der Waals surface area contributed by atoms with Gasteiger partial charge in [-0.15, -0.1) is 0 Å². The molecule has 1 amide bonds. The number of carbonyl (C=O) groups excluding carboxylic acids is 1. The molecule has 1 aliphatic heterocycles. The third kappa shape index (κ3) is 3.02. The van der Waals surface area contributed by atoms with Crippen LogP contribution in [0.25, 0.3) is 5.69 Å². The van der Waals surface area contributed by atoms with Crippen molar-refractivity contribution >= 4 is 11.9 Å². The van der Waals surface area contributed by atoms with E-state index in [0.717, 1.165) is 5.56 Å². The summed E-state index contributed by atoms with van der Waals surface area (Å²) in [7, 11) is 0. The number of hydrogen-bond acceptors (Lipinski definition) is 4. The highest BCUT2D eigenvalue weighted by Gasteiger charge is 2.34. The molecule has 1 saturated heterocycles. The molecule has 2 atom stereocenters. The van der Waals surface area contributed by atoms with Crippen molar-refractivity contribution in [2.45, 2.75) is 32.7 Å². The summed E-state index contributed by atoms with van der Waals surface area (Å²) >= 11 is 0. The number of aliphatic carboxylic acids is 1. The van der Waals surface area contributed by atoms with Crippen molar-refractivity contribution in [2.75, 3.05) is 6.54 Å². The minimum Gasteiger partial charge on any atom is -0.481 e. The van der Waals surface area contributed by atoms with Crippen molar-refractivity contribution in [3.05, 3.63) is 41.7 Å². The van der Waals surface area contributed by atoms with E-state index in [1.54, 1.807) is 23.4 Å². The molecule has 2 unspecified atom stereocenters. The van der Waals surface area contributed by atoms with Gasteiger partial charge in [0.25, 0.3) is 5.91 Å². The number of aryl methyl sites for hydroxylation is 1. The first-order valence-corrected chi connectivity index (χ1v) is 7.98. The summed E-state index contributed by atoms with van der Waals surface area (Å²) in [4.78, 5) is 27.5. The zero-order valence-corrected chi connectivity index (χ0v) is 13.7. The molecule has 2 heterocycles. The molecule has 1 aliphatic rings. The zero-order valence-electron chi connectivity index (χ0n) is 13.7. The molecule has 0 radical (unpaired) electrons. The van der Waals surface area contributed by atoms with Gasteiger partial charge in [0.15, 0.2) is 0 Å². The smallest absolute Gasteiger partial charge is 0.308 e. The number of carboxylic acid groups (broad SMARTS) is 1. The molecule has 126 valence electrons. The Kier molecular flexibility index (Phi) is 4.33. The largest absolute Gasteiger partial charge is 0.481 e. The lowest BCUT2D eigenvalue weighted by Gasteiger charge is -2.36. The van der Waals surface area contributed by atoms with E-state index in [9.17, 15) is 14.7 Å². The van der Waals surface area contributed by atoms with Gasteiger partial charge in [-0.25, -0.2) is 0 Å². The van der Waals surface area contributed by atoms with Gasteiger partial charge in [-0.2, -0.15) is 15.0 Å². The first kappa shape index (κ1) is 16.2. The minimum atomic E-state index is -0.849. The summed E-state index contributed by atoms with van der Waals surface area (Å²) in [6, 6.07) is 5.52. The first-order valence-electron chi connectivity index (χ1n) is 7.98. The van der Waals surface area contributed by atoms with E-state index in [4.69, 9.17) is 0 Å². The van der Waals surface area contributed by atoms with Crippen molar-refractivity contribution in [1.82, 2.24) is 19.9 Å². The average molecular weight is 328 g/mol. The van der Waals surface area contributed by atoms with Crippen molar-refractivity contribution < 1.29 is 14.7 Å². The topological polar surface area (TPSA) is 88.3 Å². The van der Waals surface area contributed by atoms with Gasteiger partial charge in [0.05, 0.1) is 29.6 Å². The number of amides is 1. The quantitative estimate of drug-likeness (QED) is 0.929. The van der Waals surface area contributed by atoms with Crippen LogP contribution in [0.4, 0.5) is 0 Å². The van der Waals surface area contributed by atoms with Gasteiger partial charge in [-0.05, 0) is 38.8 Å². The van der Waals surface area contributed by atoms with Gasteiger partial charge in [0.1, 0.15) is 0 Å². The minimum absolute atomic E-state index is 0.00652. The summed E-state index contributed by atoms with van der Waals surface area (Å²) in [5.41, 5.74) is 2.04. The summed E-state index contributed by atoms with van der Waals surface area (Å²) < 4.78 is 0. The first-order chi connectivity index (χ1) is 11.5. The van der Waals surface area contributed by atoms with Crippen LogP contribution < -0.4 is 0 Å². The van der Waals surface area contributed by atoms with Crippen LogP contribution in [0.15, 0.2) is 30.6 Å². The number of hydrogen-bond donors (Lipinski definition) is 1. The molecule has 1 N–H and O–H groups in total. The molecule has 0 spiro atoms. The molecule has 0 aliphatic carbocycles. The van der Waals surface area contributed by atoms with Gasteiger partial charge in [-0.3, -0.25) is 9.59 Å².